The molecule has 2 unspecified atom stereocenters. The van der Waals surface area contributed by atoms with E-state index in [1.807, 2.05) is 50.2 Å². The number of rotatable bonds is 10. The Bertz CT molecular complexity index is 1380. The molecule has 0 fully saturated rings. The number of fused-ring (bicyclic) bond motifs is 1. The Morgan fingerprint density at radius 1 is 1.00 bits per heavy atom. The number of alkyl halides is 3. The quantitative estimate of drug-likeness (QED) is 0.151. The molecule has 4 rings (SSSR count). The first kappa shape index (κ1) is 30.7. The van der Waals surface area contributed by atoms with Gasteiger partial charge in [-0.2, -0.15) is 18.2 Å². The van der Waals surface area contributed by atoms with E-state index >= 15 is 0 Å². The van der Waals surface area contributed by atoms with Crippen molar-refractivity contribution in [1.82, 2.24) is 10.1 Å². The lowest BCUT2D eigenvalue weighted by molar-refractivity contribution is -0.137. The molecule has 0 aliphatic rings. The smallest absolute Gasteiger partial charge is 0.416 e. The third-order valence-electron chi connectivity index (χ3n) is 6.75. The van der Waals surface area contributed by atoms with Gasteiger partial charge in [0.05, 0.1) is 11.4 Å². The van der Waals surface area contributed by atoms with Crippen LogP contribution in [0.25, 0.3) is 22.2 Å². The van der Waals surface area contributed by atoms with Gasteiger partial charge in [0.25, 0.3) is 0 Å². The summed E-state index contributed by atoms with van der Waals surface area (Å²) in [6, 6.07) is 16.6. The zero-order valence-electron chi connectivity index (χ0n) is 23.4. The molecular formula is C31H37F3N4O2. The third-order valence-corrected chi connectivity index (χ3v) is 6.75. The average Bonchev–Trinajstić information content (AvgIpc) is 3.44. The molecule has 214 valence electrons. The number of hydrogen-bond donors (Lipinski definition) is 2. The molecule has 0 saturated carbocycles. The first-order chi connectivity index (χ1) is 19.0. The second-order valence-corrected chi connectivity index (χ2v) is 9.97. The lowest BCUT2D eigenvalue weighted by Gasteiger charge is -2.10. The molecule has 3 aromatic carbocycles. The van der Waals surface area contributed by atoms with Crippen LogP contribution in [-0.4, -0.2) is 16.0 Å². The van der Waals surface area contributed by atoms with Crippen molar-refractivity contribution in [3.8, 4) is 17.1 Å². The number of unbranched alkanes of at least 4 members (excludes halogenated alkanes) is 1. The van der Waals surface area contributed by atoms with Crippen molar-refractivity contribution in [3.05, 3.63) is 77.7 Å². The maximum Gasteiger partial charge on any atom is 0.416 e. The van der Waals surface area contributed by atoms with Crippen LogP contribution >= 0.6 is 0 Å². The minimum atomic E-state index is -4.34. The summed E-state index contributed by atoms with van der Waals surface area (Å²) in [5, 5.41) is 13.0. The first-order valence-electron chi connectivity index (χ1n) is 13.5. The Hall–Kier alpha value is -3.88. The Labute approximate surface area is 233 Å². The zero-order valence-corrected chi connectivity index (χ0v) is 23.4. The number of halogens is 3. The minimum Gasteiger partial charge on any atom is -0.489 e. The van der Waals surface area contributed by atoms with E-state index in [-0.39, 0.29) is 18.4 Å². The van der Waals surface area contributed by atoms with E-state index in [1.54, 1.807) is 0 Å². The van der Waals surface area contributed by atoms with Gasteiger partial charge < -0.3 is 15.0 Å². The molecule has 0 amide bonds. The summed E-state index contributed by atoms with van der Waals surface area (Å²) in [6.45, 7) is 8.41. The minimum absolute atomic E-state index is 0.184. The number of nitrogens with two attached hydrogens (primary N) is 1. The van der Waals surface area contributed by atoms with E-state index < -0.39 is 11.7 Å². The zero-order chi connectivity index (χ0) is 29.3. The molecular weight excluding hydrogens is 517 g/mol. The van der Waals surface area contributed by atoms with Crippen LogP contribution in [0.3, 0.4) is 0 Å². The molecule has 3 N–H and O–H groups in total. The van der Waals surface area contributed by atoms with Gasteiger partial charge in [-0.25, -0.2) is 0 Å². The second kappa shape index (κ2) is 14.0. The van der Waals surface area contributed by atoms with Crippen molar-refractivity contribution in [2.24, 2.45) is 11.7 Å². The Kier molecular flexibility index (Phi) is 10.7. The Morgan fingerprint density at radius 3 is 2.27 bits per heavy atom. The summed E-state index contributed by atoms with van der Waals surface area (Å²) in [5.41, 5.74) is 6.00. The van der Waals surface area contributed by atoms with Crippen LogP contribution < -0.4 is 10.5 Å². The summed E-state index contributed by atoms with van der Waals surface area (Å²) >= 11 is 0. The predicted molar refractivity (Wildman–Crippen MR) is 152 cm³/mol. The van der Waals surface area contributed by atoms with Gasteiger partial charge in [0.1, 0.15) is 12.4 Å². The van der Waals surface area contributed by atoms with E-state index in [0.29, 0.717) is 28.9 Å². The third kappa shape index (κ3) is 8.56. The molecule has 4 aromatic rings. The number of benzene rings is 3. The molecule has 0 aliphatic heterocycles. The lowest BCUT2D eigenvalue weighted by Crippen LogP contribution is -2.18. The van der Waals surface area contributed by atoms with E-state index in [2.05, 4.69) is 24.0 Å². The van der Waals surface area contributed by atoms with Crippen molar-refractivity contribution in [2.75, 3.05) is 0 Å². The summed E-state index contributed by atoms with van der Waals surface area (Å²) in [5.74, 6) is 2.66. The van der Waals surface area contributed by atoms with Crippen molar-refractivity contribution in [2.45, 2.75) is 72.1 Å². The molecule has 0 aliphatic carbocycles. The molecule has 1 aromatic heterocycles. The van der Waals surface area contributed by atoms with E-state index in [1.165, 1.54) is 12.1 Å². The highest BCUT2D eigenvalue weighted by Gasteiger charge is 2.29. The van der Waals surface area contributed by atoms with Crippen LogP contribution in [0.5, 0.6) is 5.75 Å². The number of ether oxygens (including phenoxy) is 1. The lowest BCUT2D eigenvalue weighted by atomic mass is 10.0. The van der Waals surface area contributed by atoms with E-state index in [0.717, 1.165) is 54.2 Å². The number of hydrogen-bond acceptors (Lipinski definition) is 5. The number of amidine groups is 1. The van der Waals surface area contributed by atoms with Gasteiger partial charge in [-0.05, 0) is 59.5 Å². The molecule has 0 saturated heterocycles. The summed E-state index contributed by atoms with van der Waals surface area (Å²) in [7, 11) is 0. The Morgan fingerprint density at radius 2 is 1.68 bits per heavy atom. The normalized spacial score (nSPS) is 12.9. The van der Waals surface area contributed by atoms with Crippen molar-refractivity contribution < 1.29 is 22.4 Å². The fourth-order valence-electron chi connectivity index (χ4n) is 3.82. The first-order valence-corrected chi connectivity index (χ1v) is 13.5. The van der Waals surface area contributed by atoms with Crippen molar-refractivity contribution in [3.63, 3.8) is 0 Å². The fraction of sp³-hybridized carbons (Fsp3) is 0.387. The van der Waals surface area contributed by atoms with Crippen LogP contribution in [0, 0.1) is 11.3 Å². The van der Waals surface area contributed by atoms with Crippen LogP contribution in [0.15, 0.2) is 65.2 Å². The molecule has 1 heterocycles. The fourth-order valence-corrected chi connectivity index (χ4v) is 3.82. The summed E-state index contributed by atoms with van der Waals surface area (Å²) in [4.78, 5) is 4.57. The maximum atomic E-state index is 12.7. The summed E-state index contributed by atoms with van der Waals surface area (Å²) < 4.78 is 49.3. The van der Waals surface area contributed by atoms with Gasteiger partial charge in [0.15, 0.2) is 0 Å². The van der Waals surface area contributed by atoms with Crippen molar-refractivity contribution >= 4 is 16.6 Å². The standard InChI is InChI=1S/C26H25F3N2O2.C5H12N2/c1-3-4-5-17(2)25-30-24(31-33-25)21-9-8-20-15-23(13-10-19(20)14-21)32-16-18-6-11-22(12-7-18)26(27,28)29;1-3-4(2)5(6)7/h6-15,17H,3-5,16H2,1-2H3;4H,3H2,1-2H3,(H3,6,7). The molecule has 0 radical (unpaired) electrons. The maximum absolute atomic E-state index is 12.7. The topological polar surface area (TPSA) is 98.0 Å². The second-order valence-electron chi connectivity index (χ2n) is 9.97. The largest absolute Gasteiger partial charge is 0.489 e. The molecule has 6 nitrogen and oxygen atoms in total. The monoisotopic (exact) mass is 554 g/mol. The van der Waals surface area contributed by atoms with Gasteiger partial charge in [0.2, 0.25) is 11.7 Å². The van der Waals surface area contributed by atoms with Gasteiger partial charge in [-0.3, -0.25) is 5.41 Å². The highest BCUT2D eigenvalue weighted by molar-refractivity contribution is 5.87. The molecule has 9 heteroatoms. The van der Waals surface area contributed by atoms with Gasteiger partial charge in [-0.1, -0.05) is 76.0 Å². The van der Waals surface area contributed by atoms with Crippen LogP contribution in [-0.2, 0) is 12.8 Å². The highest BCUT2D eigenvalue weighted by atomic mass is 19.4. The number of nitrogens with one attached hydrogen (secondary N) is 1. The number of aromatic nitrogens is 2. The van der Waals surface area contributed by atoms with E-state index in [9.17, 15) is 13.2 Å². The van der Waals surface area contributed by atoms with Crippen LogP contribution in [0.4, 0.5) is 13.2 Å². The molecule has 2 atom stereocenters. The van der Waals surface area contributed by atoms with Crippen molar-refractivity contribution in [1.29, 1.82) is 5.41 Å². The Balaban J connectivity index is 0.000000559. The highest BCUT2D eigenvalue weighted by Crippen LogP contribution is 2.30. The predicted octanol–water partition coefficient (Wildman–Crippen LogP) is 8.75. The number of nitrogens with zero attached hydrogens (tertiary/aromatic N) is 2. The van der Waals surface area contributed by atoms with Gasteiger partial charge in [0, 0.05) is 17.4 Å². The molecule has 0 bridgehead atoms. The van der Waals surface area contributed by atoms with Crippen LogP contribution in [0.1, 0.15) is 76.3 Å². The summed E-state index contributed by atoms with van der Waals surface area (Å²) in [6.07, 6.45) is -0.0996. The SMILES string of the molecule is CCC(C)C(=N)N.CCCCC(C)c1nc(-c2ccc3cc(OCc4ccc(C(F)(F)F)cc4)ccc3c2)no1. The molecule has 0 spiro atoms. The van der Waals surface area contributed by atoms with E-state index in [4.69, 9.17) is 20.4 Å². The van der Waals surface area contributed by atoms with Gasteiger partial charge in [-0.15, -0.1) is 0 Å². The van der Waals surface area contributed by atoms with Gasteiger partial charge >= 0.3 is 6.18 Å². The molecule has 40 heavy (non-hydrogen) atoms. The average molecular weight is 555 g/mol. The van der Waals surface area contributed by atoms with Crippen LogP contribution in [0.2, 0.25) is 0 Å².